The van der Waals surface area contributed by atoms with Gasteiger partial charge >= 0.3 is 0 Å². The molecule has 0 fully saturated rings. The van der Waals surface area contributed by atoms with Crippen LogP contribution in [0.5, 0.6) is 0 Å². The van der Waals surface area contributed by atoms with E-state index in [2.05, 4.69) is 221 Å². The molecule has 1 aliphatic heterocycles. The fourth-order valence-electron chi connectivity index (χ4n) is 7.27. The molecule has 464 valence electrons. The Kier molecular flexibility index (Phi) is 37.2. The number of carbonyl (C=O) groups is 1. The van der Waals surface area contributed by atoms with Crippen LogP contribution in [0.1, 0.15) is 245 Å². The lowest BCUT2D eigenvalue weighted by Gasteiger charge is -2.26. The minimum atomic E-state index is 0.0477. The van der Waals surface area contributed by atoms with Crippen LogP contribution in [0.15, 0.2) is 196 Å². The molecule has 7 aromatic heterocycles. The molecular weight excluding hydrogens is 1070 g/mol. The summed E-state index contributed by atoms with van der Waals surface area (Å²) in [6, 6.07) is 34.5. The fourth-order valence-corrected chi connectivity index (χ4v) is 7.27. The van der Waals surface area contributed by atoms with Crippen molar-refractivity contribution in [1.29, 1.82) is 0 Å². The maximum atomic E-state index is 11.8. The number of pyridine rings is 3. The van der Waals surface area contributed by atoms with Gasteiger partial charge in [-0.25, -0.2) is 35.3 Å². The Morgan fingerprint density at radius 3 is 1.24 bits per heavy atom. The molecule has 14 nitrogen and oxygen atoms in total. The summed E-state index contributed by atoms with van der Waals surface area (Å²) >= 11 is 0. The molecule has 1 N–H and O–H groups in total. The topological polar surface area (TPSA) is 174 Å². The summed E-state index contributed by atoms with van der Waals surface area (Å²) in [4.78, 5) is 55.7. The molecule has 0 saturated carbocycles. The number of hydrazine groups is 1. The Labute approximate surface area is 523 Å². The van der Waals surface area contributed by atoms with Crippen LogP contribution in [-0.4, -0.2) is 72.8 Å². The Morgan fingerprint density at radius 2 is 0.851 bits per heavy atom. The third-order valence-electron chi connectivity index (χ3n) is 13.0. The Morgan fingerprint density at radius 1 is 0.345 bits per heavy atom. The summed E-state index contributed by atoms with van der Waals surface area (Å²) in [5.74, 6) is 5.85. The third-order valence-corrected chi connectivity index (χ3v) is 13.0. The normalized spacial score (nSPS) is 11.1. The Hall–Kier alpha value is -8.36. The van der Waals surface area contributed by atoms with Crippen molar-refractivity contribution in [3.63, 3.8) is 0 Å². The standard InChI is InChI=1S/C12H16N2O.C9H12.3C8H11N.4C7H10N2/c1-8(2)9-4-5-11-10(6-9)7-13-14(3)12(11)15;1-8(2)9-6-4-3-5-7-9;1-7(2)8-3-5-9-6-4-8;1-7(2)8-4-3-5-9-6-8;1-7(2)8-5-3-4-6-9-8;1-6(2)7-3-8-5-9-4-7;1-6(2)7-5-8-3-4-9-7;1-6(2)7-3-4-8-5-9-7;1-6(2)7-8-4-3-5-9-7/h4-6,8,13H,7H2,1-3H3;3-8H,1-2H3;3*3-7H,1-2H3;4*3-6H,1-2H3. The summed E-state index contributed by atoms with van der Waals surface area (Å²) in [5.41, 5.74) is 14.8. The highest BCUT2D eigenvalue weighted by atomic mass is 16.2. The average molecular weight is 1180 g/mol. The summed E-state index contributed by atoms with van der Waals surface area (Å²) in [7, 11) is 1.75. The number of benzene rings is 2. The van der Waals surface area contributed by atoms with Crippen LogP contribution in [0.2, 0.25) is 0 Å². The highest BCUT2D eigenvalue weighted by Gasteiger charge is 2.21. The minimum absolute atomic E-state index is 0.0477. The van der Waals surface area contributed by atoms with Gasteiger partial charge in [0.1, 0.15) is 18.5 Å². The van der Waals surface area contributed by atoms with Gasteiger partial charge in [-0.3, -0.25) is 34.7 Å². The Balaban J connectivity index is 0.000000336. The number of hydrogen-bond acceptors (Lipinski definition) is 13. The number of carbonyl (C=O) groups excluding carboxylic acids is 1. The van der Waals surface area contributed by atoms with E-state index < -0.39 is 0 Å². The van der Waals surface area contributed by atoms with E-state index >= 15 is 0 Å². The van der Waals surface area contributed by atoms with Crippen molar-refractivity contribution in [2.75, 3.05) is 7.05 Å². The minimum Gasteiger partial charge on any atom is -0.277 e. The van der Waals surface area contributed by atoms with Gasteiger partial charge in [0.15, 0.2) is 0 Å². The van der Waals surface area contributed by atoms with Gasteiger partial charge in [-0.15, -0.1) is 0 Å². The predicted octanol–water partition coefficient (Wildman–Crippen LogP) is 17.7. The highest BCUT2D eigenvalue weighted by Crippen LogP contribution is 2.22. The molecule has 0 unspecified atom stereocenters. The molecule has 0 bridgehead atoms. The fraction of sp³-hybridized carbons (Fsp3) is 0.397. The van der Waals surface area contributed by atoms with Crippen molar-refractivity contribution in [3.8, 4) is 0 Å². The predicted molar refractivity (Wildman–Crippen MR) is 359 cm³/mol. The second-order valence-electron chi connectivity index (χ2n) is 23.3. The van der Waals surface area contributed by atoms with Gasteiger partial charge in [0, 0.05) is 117 Å². The van der Waals surface area contributed by atoms with Gasteiger partial charge in [0.05, 0.1) is 5.69 Å². The molecule has 0 atom stereocenters. The van der Waals surface area contributed by atoms with Crippen molar-refractivity contribution >= 4 is 5.91 Å². The number of nitrogens with one attached hydrogen (secondary N) is 1. The monoisotopic (exact) mass is 1180 g/mol. The largest absolute Gasteiger partial charge is 0.277 e. The van der Waals surface area contributed by atoms with Crippen LogP contribution in [0.4, 0.5) is 0 Å². The summed E-state index contributed by atoms with van der Waals surface area (Å²) in [6.07, 6.45) is 26.5. The summed E-state index contributed by atoms with van der Waals surface area (Å²) in [6.45, 7) is 39.3. The first-order valence-electron chi connectivity index (χ1n) is 30.5. The van der Waals surface area contributed by atoms with Crippen molar-refractivity contribution in [1.82, 2.24) is 65.3 Å². The number of amides is 1. The van der Waals surface area contributed by atoms with Gasteiger partial charge in [0.2, 0.25) is 0 Å². The van der Waals surface area contributed by atoms with Gasteiger partial charge in [0.25, 0.3) is 5.91 Å². The highest BCUT2D eigenvalue weighted by molar-refractivity contribution is 5.96. The first-order chi connectivity index (χ1) is 41.5. The zero-order valence-electron chi connectivity index (χ0n) is 55.7. The van der Waals surface area contributed by atoms with E-state index in [1.54, 1.807) is 63.1 Å². The Bertz CT molecular complexity index is 2560. The molecule has 0 aliphatic carbocycles. The van der Waals surface area contributed by atoms with E-state index in [0.29, 0.717) is 53.3 Å². The van der Waals surface area contributed by atoms with Gasteiger partial charge in [-0.05, 0) is 129 Å². The number of rotatable bonds is 9. The second kappa shape index (κ2) is 43.3. The van der Waals surface area contributed by atoms with Crippen molar-refractivity contribution in [2.24, 2.45) is 0 Å². The van der Waals surface area contributed by atoms with E-state index in [-0.39, 0.29) is 5.91 Å². The lowest BCUT2D eigenvalue weighted by molar-refractivity contribution is 0.0685. The van der Waals surface area contributed by atoms with Crippen LogP contribution in [0.3, 0.4) is 0 Å². The van der Waals surface area contributed by atoms with Crippen molar-refractivity contribution in [3.05, 3.63) is 258 Å². The molecule has 0 saturated heterocycles. The van der Waals surface area contributed by atoms with E-state index in [1.165, 1.54) is 32.8 Å². The third kappa shape index (κ3) is 32.1. The van der Waals surface area contributed by atoms with E-state index in [4.69, 9.17) is 0 Å². The number of fused-ring (bicyclic) bond motifs is 1. The molecule has 10 rings (SSSR count). The summed E-state index contributed by atoms with van der Waals surface area (Å²) in [5, 5.41) is 1.54. The first-order valence-corrected chi connectivity index (χ1v) is 30.5. The maximum absolute atomic E-state index is 11.8. The van der Waals surface area contributed by atoms with E-state index in [0.717, 1.165) is 40.6 Å². The quantitative estimate of drug-likeness (QED) is 0.145. The van der Waals surface area contributed by atoms with Crippen LogP contribution in [0, 0.1) is 0 Å². The van der Waals surface area contributed by atoms with Crippen LogP contribution < -0.4 is 5.43 Å². The maximum Gasteiger partial charge on any atom is 0.268 e. The van der Waals surface area contributed by atoms with E-state index in [1.807, 2.05) is 104 Å². The van der Waals surface area contributed by atoms with Crippen LogP contribution >= 0.6 is 0 Å². The SMILES string of the molecule is CC(C)c1ccc2c(c1)CNN(C)C2=O.CC(C)c1ccccc1.CC(C)c1ccccn1.CC(C)c1cccnc1.CC(C)c1ccncc1.CC(C)c1ccncn1.CC(C)c1cnccn1.CC(C)c1cncnc1.CC(C)c1ncccn1. The van der Waals surface area contributed by atoms with Gasteiger partial charge < -0.3 is 0 Å². The average Bonchev–Trinajstić information content (AvgIpc) is 3.24. The van der Waals surface area contributed by atoms with Crippen molar-refractivity contribution in [2.45, 2.75) is 184 Å². The molecule has 0 spiro atoms. The molecule has 87 heavy (non-hydrogen) atoms. The smallest absolute Gasteiger partial charge is 0.268 e. The zero-order valence-corrected chi connectivity index (χ0v) is 55.7. The molecular formula is C73H101N13O. The molecule has 2 aromatic carbocycles. The first kappa shape index (κ1) is 74.7. The van der Waals surface area contributed by atoms with Gasteiger partial charge in [-0.2, -0.15) is 0 Å². The van der Waals surface area contributed by atoms with Crippen LogP contribution in [0.25, 0.3) is 0 Å². The lowest BCUT2D eigenvalue weighted by Crippen LogP contribution is -2.43. The molecule has 9 aromatic rings. The van der Waals surface area contributed by atoms with Crippen LogP contribution in [-0.2, 0) is 6.54 Å². The van der Waals surface area contributed by atoms with Crippen molar-refractivity contribution < 1.29 is 4.79 Å². The molecule has 8 heterocycles. The van der Waals surface area contributed by atoms with Gasteiger partial charge in [-0.1, -0.05) is 179 Å². The zero-order chi connectivity index (χ0) is 64.5. The number of aromatic nitrogens is 11. The molecule has 0 radical (unpaired) electrons. The molecule has 1 amide bonds. The lowest BCUT2D eigenvalue weighted by atomic mass is 9.96. The number of nitrogens with zero attached hydrogens (tertiary/aromatic N) is 12. The number of hydrogen-bond donors (Lipinski definition) is 1. The molecule has 14 heteroatoms. The second-order valence-corrected chi connectivity index (χ2v) is 23.3. The molecule has 1 aliphatic rings. The van der Waals surface area contributed by atoms with E-state index in [9.17, 15) is 4.79 Å². The summed E-state index contributed by atoms with van der Waals surface area (Å²) < 4.78 is 0.